The molecule has 0 saturated carbocycles. The Hall–Kier alpha value is -3.09. The van der Waals surface area contributed by atoms with Gasteiger partial charge in [0.25, 0.3) is 5.91 Å². The predicted octanol–water partition coefficient (Wildman–Crippen LogP) is 2.62. The lowest BCUT2D eigenvalue weighted by Gasteiger charge is -2.08. The summed E-state index contributed by atoms with van der Waals surface area (Å²) < 4.78 is 0. The highest BCUT2D eigenvalue weighted by atomic mass is 32.1. The number of carbonyl (C=O) groups is 2. The molecule has 2 amide bonds. The molecule has 0 radical (unpaired) electrons. The van der Waals surface area contributed by atoms with Gasteiger partial charge in [-0.25, -0.2) is 0 Å². The van der Waals surface area contributed by atoms with Gasteiger partial charge in [-0.3, -0.25) is 9.59 Å². The fourth-order valence-corrected chi connectivity index (χ4v) is 3.10. The van der Waals surface area contributed by atoms with E-state index in [1.807, 2.05) is 24.3 Å². The molecule has 0 fully saturated rings. The van der Waals surface area contributed by atoms with Crippen LogP contribution in [0.5, 0.6) is 0 Å². The molecule has 1 aromatic carbocycles. The summed E-state index contributed by atoms with van der Waals surface area (Å²) in [5.74, 6) is 4.50. The average Bonchev–Trinajstić information content (AvgIpc) is 2.88. The Morgan fingerprint density at radius 1 is 1.21 bits per heavy atom. The second-order valence-electron chi connectivity index (χ2n) is 5.14. The van der Waals surface area contributed by atoms with Crippen LogP contribution in [0, 0.1) is 30.1 Å². The number of rotatable bonds is 2. The maximum Gasteiger partial charge on any atom is 0.301 e. The van der Waals surface area contributed by atoms with Crippen molar-refractivity contribution >= 4 is 28.2 Å². The van der Waals surface area contributed by atoms with Crippen molar-refractivity contribution in [3.63, 3.8) is 0 Å². The molecule has 0 aliphatic carbocycles. The molecule has 0 spiro atoms. The third-order valence-corrected chi connectivity index (χ3v) is 4.38. The molecule has 0 saturated heterocycles. The third kappa shape index (κ3) is 3.81. The maximum atomic E-state index is 12.1. The van der Waals surface area contributed by atoms with E-state index in [2.05, 4.69) is 17.2 Å². The van der Waals surface area contributed by atoms with Gasteiger partial charge in [0, 0.05) is 25.6 Å². The molecule has 24 heavy (non-hydrogen) atoms. The van der Waals surface area contributed by atoms with Gasteiger partial charge < -0.3 is 10.2 Å². The smallest absolute Gasteiger partial charge is 0.301 e. The molecule has 2 rings (SSSR count). The van der Waals surface area contributed by atoms with Crippen LogP contribution < -0.4 is 5.32 Å². The van der Waals surface area contributed by atoms with E-state index in [-0.39, 0.29) is 5.91 Å². The lowest BCUT2D eigenvalue weighted by atomic mass is 10.1. The van der Waals surface area contributed by atoms with Gasteiger partial charge in [-0.2, -0.15) is 5.26 Å². The largest absolute Gasteiger partial charge is 0.344 e. The van der Waals surface area contributed by atoms with Crippen molar-refractivity contribution in [2.45, 2.75) is 6.92 Å². The summed E-state index contributed by atoms with van der Waals surface area (Å²) >= 11 is 1.08. The Labute approximate surface area is 144 Å². The zero-order valence-electron chi connectivity index (χ0n) is 13.5. The Morgan fingerprint density at radius 3 is 2.46 bits per heavy atom. The molecule has 1 heterocycles. The van der Waals surface area contributed by atoms with Crippen molar-refractivity contribution in [2.24, 2.45) is 0 Å². The molecule has 1 aromatic heterocycles. The second kappa shape index (κ2) is 7.45. The van der Waals surface area contributed by atoms with Crippen molar-refractivity contribution in [3.05, 3.63) is 51.9 Å². The summed E-state index contributed by atoms with van der Waals surface area (Å²) in [7, 11) is 3.27. The molecule has 2 aromatic rings. The van der Waals surface area contributed by atoms with Crippen LogP contribution in [-0.4, -0.2) is 30.8 Å². The highest BCUT2D eigenvalue weighted by Gasteiger charge is 2.21. The van der Waals surface area contributed by atoms with Gasteiger partial charge >= 0.3 is 5.91 Å². The number of hydrogen-bond donors (Lipinski definition) is 1. The Morgan fingerprint density at radius 2 is 1.88 bits per heavy atom. The van der Waals surface area contributed by atoms with Crippen LogP contribution >= 0.6 is 11.3 Å². The van der Waals surface area contributed by atoms with Gasteiger partial charge in [-0.1, -0.05) is 24.1 Å². The van der Waals surface area contributed by atoms with Gasteiger partial charge in [0.05, 0.1) is 10.4 Å². The fraction of sp³-hybridized carbons (Fsp3) is 0.167. The van der Waals surface area contributed by atoms with Crippen LogP contribution in [0.25, 0.3) is 0 Å². The van der Waals surface area contributed by atoms with Crippen molar-refractivity contribution in [2.75, 3.05) is 19.4 Å². The zero-order valence-corrected chi connectivity index (χ0v) is 14.3. The van der Waals surface area contributed by atoms with E-state index in [4.69, 9.17) is 0 Å². The van der Waals surface area contributed by atoms with Crippen LogP contribution in [0.2, 0.25) is 0 Å². The van der Waals surface area contributed by atoms with E-state index in [9.17, 15) is 14.9 Å². The van der Waals surface area contributed by atoms with E-state index in [1.54, 1.807) is 33.2 Å². The molecule has 5 nitrogen and oxygen atoms in total. The quantitative estimate of drug-likeness (QED) is 0.856. The normalized spacial score (nSPS) is 9.42. The first kappa shape index (κ1) is 17.3. The number of nitriles is 1. The van der Waals surface area contributed by atoms with Gasteiger partial charge in [0.2, 0.25) is 0 Å². The number of nitrogens with one attached hydrogen (secondary N) is 1. The van der Waals surface area contributed by atoms with Crippen LogP contribution in [0.3, 0.4) is 0 Å². The summed E-state index contributed by atoms with van der Waals surface area (Å²) in [5.41, 5.74) is 1.58. The van der Waals surface area contributed by atoms with Gasteiger partial charge in [-0.05, 0) is 24.6 Å². The molecule has 120 valence electrons. The fourth-order valence-electron chi connectivity index (χ4n) is 1.93. The predicted molar refractivity (Wildman–Crippen MR) is 93.7 cm³/mol. The number of hydrogen-bond acceptors (Lipinski definition) is 4. The molecule has 1 N–H and O–H groups in total. The van der Waals surface area contributed by atoms with E-state index < -0.39 is 5.91 Å². The minimum atomic E-state index is -0.527. The molecule has 0 aliphatic rings. The van der Waals surface area contributed by atoms with Crippen LogP contribution in [0.15, 0.2) is 30.3 Å². The first-order valence-corrected chi connectivity index (χ1v) is 7.89. The number of benzene rings is 1. The van der Waals surface area contributed by atoms with Crippen molar-refractivity contribution in [1.82, 2.24) is 4.90 Å². The number of carbonyl (C=O) groups excluding carboxylic acids is 2. The zero-order chi connectivity index (χ0) is 17.7. The minimum absolute atomic E-state index is 0.204. The topological polar surface area (TPSA) is 73.2 Å². The first-order chi connectivity index (χ1) is 11.4. The SMILES string of the molecule is Cc1c(C(=O)N(C)C)sc(NC(=O)C#Cc2ccccc2)c1C#N. The van der Waals surface area contributed by atoms with Gasteiger partial charge in [-0.15, -0.1) is 11.3 Å². The number of thiophene rings is 1. The Kier molecular flexibility index (Phi) is 5.36. The maximum absolute atomic E-state index is 12.1. The molecule has 0 atom stereocenters. The standard InChI is InChI=1S/C18H15N3O2S/c1-12-14(11-19)17(24-16(12)18(23)21(2)3)20-15(22)10-9-13-7-5-4-6-8-13/h4-8H,1-3H3,(H,20,22). The summed E-state index contributed by atoms with van der Waals surface area (Å²) in [4.78, 5) is 26.0. The van der Waals surface area contributed by atoms with Crippen molar-refractivity contribution in [3.8, 4) is 17.9 Å². The first-order valence-electron chi connectivity index (χ1n) is 7.07. The summed E-state index contributed by atoms with van der Waals surface area (Å²) in [5, 5.41) is 12.2. The van der Waals surface area contributed by atoms with E-state index in [0.29, 0.717) is 21.0 Å². The number of nitrogens with zero attached hydrogens (tertiary/aromatic N) is 2. The molecule has 0 unspecified atom stereocenters. The van der Waals surface area contributed by atoms with E-state index >= 15 is 0 Å². The van der Waals surface area contributed by atoms with E-state index in [1.165, 1.54) is 4.90 Å². The number of amides is 2. The molecule has 6 heteroatoms. The van der Waals surface area contributed by atoms with Crippen LogP contribution in [0.4, 0.5) is 5.00 Å². The molecular formula is C18H15N3O2S. The molecule has 0 bridgehead atoms. The highest BCUT2D eigenvalue weighted by molar-refractivity contribution is 7.18. The highest BCUT2D eigenvalue weighted by Crippen LogP contribution is 2.33. The van der Waals surface area contributed by atoms with Crippen molar-refractivity contribution < 1.29 is 9.59 Å². The lowest BCUT2D eigenvalue weighted by molar-refractivity contribution is -0.111. The summed E-state index contributed by atoms with van der Waals surface area (Å²) in [6, 6.07) is 11.2. The van der Waals surface area contributed by atoms with Crippen molar-refractivity contribution in [1.29, 1.82) is 5.26 Å². The average molecular weight is 337 g/mol. The monoisotopic (exact) mass is 337 g/mol. The van der Waals surface area contributed by atoms with Crippen LogP contribution in [0.1, 0.15) is 26.4 Å². The Balaban J connectivity index is 2.26. The van der Waals surface area contributed by atoms with Gasteiger partial charge in [0.15, 0.2) is 0 Å². The van der Waals surface area contributed by atoms with Gasteiger partial charge in [0.1, 0.15) is 11.1 Å². The molecular weight excluding hydrogens is 322 g/mol. The Bertz CT molecular complexity index is 881. The molecule has 0 aliphatic heterocycles. The van der Waals surface area contributed by atoms with Crippen LogP contribution in [-0.2, 0) is 4.79 Å². The second-order valence-corrected chi connectivity index (χ2v) is 6.16. The number of anilines is 1. The minimum Gasteiger partial charge on any atom is -0.344 e. The third-order valence-electron chi connectivity index (χ3n) is 3.18. The summed E-state index contributed by atoms with van der Waals surface area (Å²) in [6.07, 6.45) is 0. The summed E-state index contributed by atoms with van der Waals surface area (Å²) in [6.45, 7) is 1.69. The lowest BCUT2D eigenvalue weighted by Crippen LogP contribution is -2.21. The van der Waals surface area contributed by atoms with E-state index in [0.717, 1.165) is 16.9 Å².